The molecule has 1 fully saturated rings. The van der Waals surface area contributed by atoms with Gasteiger partial charge in [-0.1, -0.05) is 30.3 Å². The van der Waals surface area contributed by atoms with Crippen molar-refractivity contribution in [1.29, 1.82) is 0 Å². The maximum absolute atomic E-state index is 13.5. The van der Waals surface area contributed by atoms with E-state index in [0.717, 1.165) is 16.7 Å². The van der Waals surface area contributed by atoms with Crippen LogP contribution in [0.3, 0.4) is 0 Å². The summed E-state index contributed by atoms with van der Waals surface area (Å²) in [6.45, 7) is 7.70. The molecule has 0 aliphatic carbocycles. The number of hydrogen-bond donors (Lipinski definition) is 1. The molecule has 0 aromatic heterocycles. The zero-order chi connectivity index (χ0) is 27.6. The summed E-state index contributed by atoms with van der Waals surface area (Å²) < 4.78 is 16.7. The van der Waals surface area contributed by atoms with Crippen LogP contribution in [-0.4, -0.2) is 42.0 Å². The van der Waals surface area contributed by atoms with Crippen LogP contribution in [0.1, 0.15) is 47.7 Å². The number of likely N-dealkylation sites (tertiary alicyclic amines) is 1. The number of aliphatic hydroxyl groups excluding tert-OH is 1. The molecule has 1 saturated heterocycles. The zero-order valence-corrected chi connectivity index (χ0v) is 22.6. The Balaban J connectivity index is 1.88. The van der Waals surface area contributed by atoms with E-state index in [1.54, 1.807) is 32.4 Å². The number of hydrogen-bond acceptors (Lipinski definition) is 6. The molecule has 1 aliphatic rings. The molecule has 3 aromatic rings. The molecular formula is C31H33NO6. The average Bonchev–Trinajstić information content (AvgIpc) is 3.14. The molecule has 198 valence electrons. The monoisotopic (exact) mass is 515 g/mol. The van der Waals surface area contributed by atoms with Crippen molar-refractivity contribution < 1.29 is 28.9 Å². The molecule has 7 heteroatoms. The van der Waals surface area contributed by atoms with Crippen LogP contribution < -0.4 is 14.2 Å². The fourth-order valence-corrected chi connectivity index (χ4v) is 4.82. The first-order valence-electron chi connectivity index (χ1n) is 12.5. The lowest BCUT2D eigenvalue weighted by atomic mass is 9.93. The molecule has 1 aliphatic heterocycles. The van der Waals surface area contributed by atoms with Gasteiger partial charge in [0.1, 0.15) is 23.0 Å². The average molecular weight is 516 g/mol. The molecule has 7 nitrogen and oxygen atoms in total. The maximum Gasteiger partial charge on any atom is 0.295 e. The number of carbonyl (C=O) groups excluding carboxylic acids is 2. The summed E-state index contributed by atoms with van der Waals surface area (Å²) in [5.41, 5.74) is 3.46. The molecule has 0 spiro atoms. The van der Waals surface area contributed by atoms with Crippen LogP contribution in [0.2, 0.25) is 0 Å². The fourth-order valence-electron chi connectivity index (χ4n) is 4.82. The van der Waals surface area contributed by atoms with Crippen LogP contribution in [0.5, 0.6) is 17.2 Å². The van der Waals surface area contributed by atoms with Gasteiger partial charge in [0, 0.05) is 11.1 Å². The third kappa shape index (κ3) is 5.09. The molecule has 1 N–H and O–H groups in total. The predicted octanol–water partition coefficient (Wildman–Crippen LogP) is 5.73. The van der Waals surface area contributed by atoms with Crippen molar-refractivity contribution in [2.24, 2.45) is 0 Å². The van der Waals surface area contributed by atoms with Crippen molar-refractivity contribution in [3.8, 4) is 17.2 Å². The summed E-state index contributed by atoms with van der Waals surface area (Å²) in [6, 6.07) is 17.4. The van der Waals surface area contributed by atoms with Crippen LogP contribution in [0, 0.1) is 13.8 Å². The Bertz CT molecular complexity index is 1390. The molecular weight excluding hydrogens is 482 g/mol. The fraction of sp³-hybridized carbons (Fsp3) is 0.290. The standard InChI is InChI=1S/C31H33NO6/c1-18(2)38-23-13-11-21(12-14-23)28-27(29(33)24-15-20(4)26(37-6)16-19(24)3)30(34)31(35)32(28)17-22-9-7-8-10-25(22)36-5/h7-16,18,28,33H,17H2,1-6H3/b29-27+. The number of benzene rings is 3. The Morgan fingerprint density at radius 1 is 0.921 bits per heavy atom. The molecule has 1 amide bonds. The highest BCUT2D eigenvalue weighted by atomic mass is 16.5. The summed E-state index contributed by atoms with van der Waals surface area (Å²) in [5.74, 6) is 0.308. The quantitative estimate of drug-likeness (QED) is 0.234. The molecule has 1 heterocycles. The van der Waals surface area contributed by atoms with Gasteiger partial charge in [0.25, 0.3) is 11.7 Å². The largest absolute Gasteiger partial charge is 0.507 e. The number of methoxy groups -OCH3 is 2. The number of para-hydroxylation sites is 1. The number of carbonyl (C=O) groups is 2. The van der Waals surface area contributed by atoms with E-state index in [0.29, 0.717) is 28.4 Å². The summed E-state index contributed by atoms with van der Waals surface area (Å²) in [4.78, 5) is 28.4. The SMILES string of the molecule is COc1cc(C)c(/C(O)=C2\C(=O)C(=O)N(Cc3ccccc3OC)C2c2ccc(OC(C)C)cc2)cc1C. The number of aryl methyl sites for hydroxylation is 2. The van der Waals surface area contributed by atoms with Crippen LogP contribution in [-0.2, 0) is 16.1 Å². The predicted molar refractivity (Wildman–Crippen MR) is 146 cm³/mol. The molecule has 1 atom stereocenters. The molecule has 0 saturated carbocycles. The highest BCUT2D eigenvalue weighted by Gasteiger charge is 2.46. The molecule has 3 aromatic carbocycles. The van der Waals surface area contributed by atoms with Crippen molar-refractivity contribution >= 4 is 17.4 Å². The minimum absolute atomic E-state index is 0.00156. The minimum atomic E-state index is -0.810. The van der Waals surface area contributed by atoms with Gasteiger partial charge >= 0.3 is 0 Å². The van der Waals surface area contributed by atoms with Gasteiger partial charge in [-0.05, 0) is 74.7 Å². The molecule has 0 bridgehead atoms. The van der Waals surface area contributed by atoms with E-state index < -0.39 is 17.7 Å². The lowest BCUT2D eigenvalue weighted by Crippen LogP contribution is -2.29. The van der Waals surface area contributed by atoms with Crippen molar-refractivity contribution in [2.45, 2.75) is 46.4 Å². The summed E-state index contributed by atoms with van der Waals surface area (Å²) in [6.07, 6.45) is -0.00156. The summed E-state index contributed by atoms with van der Waals surface area (Å²) in [5, 5.41) is 11.6. The van der Waals surface area contributed by atoms with Crippen LogP contribution >= 0.6 is 0 Å². The smallest absolute Gasteiger partial charge is 0.295 e. The third-order valence-electron chi connectivity index (χ3n) is 6.64. The molecule has 4 rings (SSSR count). The maximum atomic E-state index is 13.5. The number of aliphatic hydroxyl groups is 1. The van der Waals surface area contributed by atoms with Gasteiger partial charge in [-0.3, -0.25) is 9.59 Å². The zero-order valence-electron chi connectivity index (χ0n) is 22.6. The Hall–Kier alpha value is -4.26. The first kappa shape index (κ1) is 26.8. The van der Waals surface area contributed by atoms with Gasteiger partial charge in [-0.15, -0.1) is 0 Å². The van der Waals surface area contributed by atoms with Crippen molar-refractivity contribution in [3.05, 3.63) is 94.1 Å². The number of amides is 1. The van der Waals surface area contributed by atoms with E-state index in [1.165, 1.54) is 4.90 Å². The second-order valence-electron chi connectivity index (χ2n) is 9.61. The third-order valence-corrected chi connectivity index (χ3v) is 6.64. The van der Waals surface area contributed by atoms with E-state index in [4.69, 9.17) is 14.2 Å². The Labute approximate surface area is 223 Å². The van der Waals surface area contributed by atoms with Gasteiger partial charge in [-0.25, -0.2) is 0 Å². The highest BCUT2D eigenvalue weighted by molar-refractivity contribution is 6.46. The lowest BCUT2D eigenvalue weighted by molar-refractivity contribution is -0.140. The van der Waals surface area contributed by atoms with Gasteiger partial charge in [0.2, 0.25) is 0 Å². The second-order valence-corrected chi connectivity index (χ2v) is 9.61. The highest BCUT2D eigenvalue weighted by Crippen LogP contribution is 2.42. The van der Waals surface area contributed by atoms with E-state index in [-0.39, 0.29) is 24.0 Å². The van der Waals surface area contributed by atoms with Crippen molar-refractivity contribution in [1.82, 2.24) is 4.90 Å². The Morgan fingerprint density at radius 2 is 1.58 bits per heavy atom. The summed E-state index contributed by atoms with van der Waals surface area (Å²) in [7, 11) is 3.14. The lowest BCUT2D eigenvalue weighted by Gasteiger charge is -2.26. The van der Waals surface area contributed by atoms with E-state index >= 15 is 0 Å². The number of Topliss-reactive ketones (excluding diaryl/α,β-unsaturated/α-hetero) is 1. The molecule has 0 radical (unpaired) electrons. The number of rotatable bonds is 8. The Kier molecular flexibility index (Phi) is 7.76. The first-order valence-corrected chi connectivity index (χ1v) is 12.5. The molecule has 38 heavy (non-hydrogen) atoms. The van der Waals surface area contributed by atoms with Crippen molar-refractivity contribution in [2.75, 3.05) is 14.2 Å². The second kappa shape index (κ2) is 11.0. The summed E-state index contributed by atoms with van der Waals surface area (Å²) >= 11 is 0. The van der Waals surface area contributed by atoms with Gasteiger partial charge in [0.15, 0.2) is 0 Å². The van der Waals surface area contributed by atoms with Gasteiger partial charge < -0.3 is 24.2 Å². The number of ketones is 1. The van der Waals surface area contributed by atoms with Crippen LogP contribution in [0.15, 0.2) is 66.2 Å². The van der Waals surface area contributed by atoms with Gasteiger partial charge in [-0.2, -0.15) is 0 Å². The van der Waals surface area contributed by atoms with Gasteiger partial charge in [0.05, 0.1) is 38.5 Å². The Morgan fingerprint density at radius 3 is 2.21 bits per heavy atom. The first-order chi connectivity index (χ1) is 18.2. The number of nitrogens with zero attached hydrogens (tertiary/aromatic N) is 1. The van der Waals surface area contributed by atoms with E-state index in [1.807, 2.05) is 70.2 Å². The minimum Gasteiger partial charge on any atom is -0.507 e. The topological polar surface area (TPSA) is 85.3 Å². The molecule has 1 unspecified atom stereocenters. The van der Waals surface area contributed by atoms with E-state index in [2.05, 4.69) is 0 Å². The normalized spacial score (nSPS) is 16.7. The van der Waals surface area contributed by atoms with Crippen molar-refractivity contribution in [3.63, 3.8) is 0 Å². The van der Waals surface area contributed by atoms with Crippen LogP contribution in [0.25, 0.3) is 5.76 Å². The van der Waals surface area contributed by atoms with Crippen LogP contribution in [0.4, 0.5) is 0 Å². The number of ether oxygens (including phenoxy) is 3. The van der Waals surface area contributed by atoms with E-state index in [9.17, 15) is 14.7 Å².